The van der Waals surface area contributed by atoms with Gasteiger partial charge in [0.25, 0.3) is 0 Å². The highest BCUT2D eigenvalue weighted by molar-refractivity contribution is 7.98. The molecule has 3 nitrogen and oxygen atoms in total. The summed E-state index contributed by atoms with van der Waals surface area (Å²) >= 11 is 1.85. The second kappa shape index (κ2) is 6.93. The minimum absolute atomic E-state index is 0.540. The molecule has 0 saturated heterocycles. The number of hydrogen-bond donors (Lipinski definition) is 2. The standard InChI is InChI=1S/C11H19NO2S/c1-9(8-15-2)6-12-7-10(13)11-4-3-5-14-11/h3-5,9-10,12-13H,6-8H2,1-2H3. The van der Waals surface area contributed by atoms with Gasteiger partial charge in [-0.25, -0.2) is 0 Å². The van der Waals surface area contributed by atoms with Crippen LogP contribution in [-0.4, -0.2) is 30.2 Å². The van der Waals surface area contributed by atoms with Crippen molar-refractivity contribution in [3.63, 3.8) is 0 Å². The van der Waals surface area contributed by atoms with E-state index in [0.717, 1.165) is 12.3 Å². The van der Waals surface area contributed by atoms with E-state index in [-0.39, 0.29) is 0 Å². The van der Waals surface area contributed by atoms with Crippen molar-refractivity contribution in [2.75, 3.05) is 25.1 Å². The molecule has 1 aromatic heterocycles. The van der Waals surface area contributed by atoms with E-state index >= 15 is 0 Å². The molecule has 0 aliphatic carbocycles. The molecule has 1 heterocycles. The van der Waals surface area contributed by atoms with Gasteiger partial charge >= 0.3 is 0 Å². The first kappa shape index (κ1) is 12.6. The summed E-state index contributed by atoms with van der Waals surface area (Å²) in [5.74, 6) is 2.40. The largest absolute Gasteiger partial charge is 0.467 e. The summed E-state index contributed by atoms with van der Waals surface area (Å²) in [7, 11) is 0. The van der Waals surface area contributed by atoms with E-state index < -0.39 is 6.10 Å². The third-order valence-electron chi connectivity index (χ3n) is 2.15. The van der Waals surface area contributed by atoms with Crippen LogP contribution in [0.2, 0.25) is 0 Å². The van der Waals surface area contributed by atoms with Crippen LogP contribution in [0.5, 0.6) is 0 Å². The van der Waals surface area contributed by atoms with E-state index in [1.165, 1.54) is 0 Å². The monoisotopic (exact) mass is 229 g/mol. The fraction of sp³-hybridized carbons (Fsp3) is 0.636. The van der Waals surface area contributed by atoms with E-state index in [1.807, 2.05) is 11.8 Å². The Morgan fingerprint density at radius 2 is 2.33 bits per heavy atom. The number of aliphatic hydroxyl groups is 1. The number of furan rings is 1. The van der Waals surface area contributed by atoms with Crippen LogP contribution in [0.25, 0.3) is 0 Å². The lowest BCUT2D eigenvalue weighted by Gasteiger charge is -2.13. The molecule has 0 fully saturated rings. The van der Waals surface area contributed by atoms with Crippen molar-refractivity contribution >= 4 is 11.8 Å². The Morgan fingerprint density at radius 3 is 2.93 bits per heavy atom. The number of rotatable bonds is 7. The van der Waals surface area contributed by atoms with E-state index in [2.05, 4.69) is 18.5 Å². The molecule has 0 aromatic carbocycles. The maximum atomic E-state index is 9.69. The summed E-state index contributed by atoms with van der Waals surface area (Å²) in [6, 6.07) is 3.58. The first-order valence-electron chi connectivity index (χ1n) is 5.15. The molecule has 2 atom stereocenters. The van der Waals surface area contributed by atoms with Gasteiger partial charge in [0, 0.05) is 6.54 Å². The third kappa shape index (κ3) is 4.73. The Kier molecular flexibility index (Phi) is 5.83. The summed E-state index contributed by atoms with van der Waals surface area (Å²) in [4.78, 5) is 0. The van der Waals surface area contributed by atoms with Crippen molar-refractivity contribution < 1.29 is 9.52 Å². The Morgan fingerprint density at radius 1 is 1.53 bits per heavy atom. The molecule has 1 aromatic rings. The Hall–Kier alpha value is -0.450. The van der Waals surface area contributed by atoms with Crippen molar-refractivity contribution in [3.8, 4) is 0 Å². The van der Waals surface area contributed by atoms with Gasteiger partial charge in [-0.1, -0.05) is 6.92 Å². The number of aliphatic hydroxyl groups excluding tert-OH is 1. The molecule has 0 radical (unpaired) electrons. The van der Waals surface area contributed by atoms with Crippen LogP contribution in [0.4, 0.5) is 0 Å². The van der Waals surface area contributed by atoms with E-state index in [4.69, 9.17) is 4.42 Å². The minimum atomic E-state index is -0.540. The number of nitrogens with one attached hydrogen (secondary N) is 1. The zero-order valence-corrected chi connectivity index (χ0v) is 10.1. The molecule has 0 aliphatic heterocycles. The van der Waals surface area contributed by atoms with Crippen LogP contribution in [0.15, 0.2) is 22.8 Å². The van der Waals surface area contributed by atoms with Crippen molar-refractivity contribution in [2.24, 2.45) is 5.92 Å². The fourth-order valence-electron chi connectivity index (χ4n) is 1.39. The molecule has 2 N–H and O–H groups in total. The van der Waals surface area contributed by atoms with Gasteiger partial charge in [-0.2, -0.15) is 11.8 Å². The summed E-state index contributed by atoms with van der Waals surface area (Å²) in [6.07, 6.45) is 3.14. The first-order chi connectivity index (χ1) is 7.24. The predicted octanol–water partition coefficient (Wildman–Crippen LogP) is 1.90. The van der Waals surface area contributed by atoms with Crippen molar-refractivity contribution in [1.29, 1.82) is 0 Å². The Balaban J connectivity index is 2.15. The lowest BCUT2D eigenvalue weighted by atomic mass is 10.2. The van der Waals surface area contributed by atoms with Gasteiger partial charge in [0.15, 0.2) is 0 Å². The van der Waals surface area contributed by atoms with Crippen molar-refractivity contribution in [3.05, 3.63) is 24.2 Å². The Labute approximate surface area is 95.2 Å². The average Bonchev–Trinajstić information content (AvgIpc) is 2.70. The van der Waals surface area contributed by atoms with Crippen LogP contribution >= 0.6 is 11.8 Å². The number of hydrogen-bond acceptors (Lipinski definition) is 4. The van der Waals surface area contributed by atoms with E-state index in [1.54, 1.807) is 18.4 Å². The van der Waals surface area contributed by atoms with Gasteiger partial charge in [-0.3, -0.25) is 0 Å². The van der Waals surface area contributed by atoms with Crippen LogP contribution in [0.3, 0.4) is 0 Å². The first-order valence-corrected chi connectivity index (χ1v) is 6.54. The lowest BCUT2D eigenvalue weighted by molar-refractivity contribution is 0.146. The van der Waals surface area contributed by atoms with E-state index in [0.29, 0.717) is 18.2 Å². The molecular weight excluding hydrogens is 210 g/mol. The maximum Gasteiger partial charge on any atom is 0.133 e. The van der Waals surface area contributed by atoms with Gasteiger partial charge in [0.1, 0.15) is 11.9 Å². The highest BCUT2D eigenvalue weighted by atomic mass is 32.2. The van der Waals surface area contributed by atoms with Crippen LogP contribution in [0.1, 0.15) is 18.8 Å². The molecule has 0 spiro atoms. The highest BCUT2D eigenvalue weighted by Crippen LogP contribution is 2.11. The molecule has 15 heavy (non-hydrogen) atoms. The zero-order valence-electron chi connectivity index (χ0n) is 9.27. The normalized spacial score (nSPS) is 15.1. The van der Waals surface area contributed by atoms with Gasteiger partial charge in [0.05, 0.1) is 6.26 Å². The molecule has 0 aliphatic rings. The average molecular weight is 229 g/mol. The molecule has 1 rings (SSSR count). The molecule has 0 bridgehead atoms. The molecular formula is C11H19NO2S. The van der Waals surface area contributed by atoms with Crippen molar-refractivity contribution in [1.82, 2.24) is 5.32 Å². The van der Waals surface area contributed by atoms with Crippen molar-refractivity contribution in [2.45, 2.75) is 13.0 Å². The van der Waals surface area contributed by atoms with Gasteiger partial charge in [-0.05, 0) is 36.6 Å². The third-order valence-corrected chi connectivity index (χ3v) is 3.06. The fourth-order valence-corrected chi connectivity index (χ4v) is 2.08. The second-order valence-electron chi connectivity index (χ2n) is 3.75. The highest BCUT2D eigenvalue weighted by Gasteiger charge is 2.10. The Bertz CT molecular complexity index is 251. The molecule has 2 unspecified atom stereocenters. The summed E-state index contributed by atoms with van der Waals surface area (Å²) in [5.41, 5.74) is 0. The summed E-state index contributed by atoms with van der Waals surface area (Å²) in [5, 5.41) is 12.9. The van der Waals surface area contributed by atoms with Gasteiger partial charge < -0.3 is 14.8 Å². The summed E-state index contributed by atoms with van der Waals surface area (Å²) < 4.78 is 5.11. The zero-order chi connectivity index (χ0) is 11.1. The minimum Gasteiger partial charge on any atom is -0.467 e. The van der Waals surface area contributed by atoms with Crippen LogP contribution in [0, 0.1) is 5.92 Å². The lowest BCUT2D eigenvalue weighted by Crippen LogP contribution is -2.27. The maximum absolute atomic E-state index is 9.69. The van der Waals surface area contributed by atoms with Crippen LogP contribution < -0.4 is 5.32 Å². The smallest absolute Gasteiger partial charge is 0.133 e. The quantitative estimate of drug-likeness (QED) is 0.749. The second-order valence-corrected chi connectivity index (χ2v) is 4.66. The molecule has 0 amide bonds. The molecule has 86 valence electrons. The SMILES string of the molecule is CSCC(C)CNCC(O)c1ccco1. The van der Waals surface area contributed by atoms with E-state index in [9.17, 15) is 5.11 Å². The molecule has 4 heteroatoms. The molecule has 0 saturated carbocycles. The predicted molar refractivity (Wildman–Crippen MR) is 64.1 cm³/mol. The number of thioether (sulfide) groups is 1. The van der Waals surface area contributed by atoms with Crippen LogP contribution in [-0.2, 0) is 0 Å². The van der Waals surface area contributed by atoms with Gasteiger partial charge in [0.2, 0.25) is 0 Å². The summed E-state index contributed by atoms with van der Waals surface area (Å²) in [6.45, 7) is 3.67. The van der Waals surface area contributed by atoms with Gasteiger partial charge in [-0.15, -0.1) is 0 Å². The topological polar surface area (TPSA) is 45.4 Å².